The second kappa shape index (κ2) is 14.8. The standard InChI is InChI=1S/C43H45N5O3S/c1-28-29(2)43(51)41(30(3)42(28)50)47-24-21-32(22-25-47)44-38(49)20-13-23-45(4)39-26-31(27-40-46(5)36-18-11-12-19-37(36)52-40)34-16-9-10-17-35(34)48(39)33-14-7-6-8-15-33/h6-12,14-19,26-27,32H,13,20-25H2,1-5H3/p+1. The number of hydrogen-bond acceptors (Lipinski definition) is 7. The minimum atomic E-state index is -0.0553. The van der Waals surface area contributed by atoms with Gasteiger partial charge in [-0.05, 0) is 82.0 Å². The Morgan fingerprint density at radius 3 is 2.33 bits per heavy atom. The maximum absolute atomic E-state index is 13.2. The van der Waals surface area contributed by atoms with E-state index in [1.54, 1.807) is 32.5 Å². The first-order valence-corrected chi connectivity index (χ1v) is 18.9. The molecule has 3 heterocycles. The fourth-order valence-corrected chi connectivity index (χ4v) is 8.65. The van der Waals surface area contributed by atoms with Gasteiger partial charge in [-0.1, -0.05) is 60.3 Å². The molecule has 1 saturated heterocycles. The summed E-state index contributed by atoms with van der Waals surface area (Å²) in [4.78, 5) is 46.7. The molecule has 0 radical (unpaired) electrons. The molecule has 266 valence electrons. The van der Waals surface area contributed by atoms with Crippen LogP contribution in [0, 0.1) is 0 Å². The maximum atomic E-state index is 13.2. The zero-order valence-corrected chi connectivity index (χ0v) is 31.4. The Balaban J connectivity index is 1.05. The van der Waals surface area contributed by atoms with Crippen LogP contribution in [0.1, 0.15) is 52.0 Å². The second-order valence-electron chi connectivity index (χ2n) is 14.0. The van der Waals surface area contributed by atoms with E-state index in [-0.39, 0.29) is 23.5 Å². The number of aromatic nitrogens is 1. The number of benzene rings is 3. The number of thioether (sulfide) groups is 1. The molecule has 1 aromatic heterocycles. The van der Waals surface area contributed by atoms with E-state index in [2.05, 4.69) is 119 Å². The molecule has 0 spiro atoms. The predicted molar refractivity (Wildman–Crippen MR) is 210 cm³/mol. The number of rotatable bonds is 9. The molecule has 8 nitrogen and oxygen atoms in total. The number of anilines is 2. The van der Waals surface area contributed by atoms with Crippen molar-refractivity contribution in [1.29, 1.82) is 0 Å². The summed E-state index contributed by atoms with van der Waals surface area (Å²) in [7, 11) is 4.23. The lowest BCUT2D eigenvalue weighted by Gasteiger charge is -2.36. The van der Waals surface area contributed by atoms with E-state index >= 15 is 0 Å². The lowest BCUT2D eigenvalue weighted by Crippen LogP contribution is -2.46. The molecular weight excluding hydrogens is 667 g/mol. The van der Waals surface area contributed by atoms with Gasteiger partial charge in [0.2, 0.25) is 11.7 Å². The zero-order valence-electron chi connectivity index (χ0n) is 30.6. The van der Waals surface area contributed by atoms with E-state index < -0.39 is 0 Å². The van der Waals surface area contributed by atoms with Gasteiger partial charge in [0.05, 0.1) is 30.0 Å². The van der Waals surface area contributed by atoms with Gasteiger partial charge in [0, 0.05) is 65.7 Å². The lowest BCUT2D eigenvalue weighted by atomic mass is 9.88. The van der Waals surface area contributed by atoms with Gasteiger partial charge in [-0.2, -0.15) is 4.57 Å². The molecule has 4 aromatic rings. The van der Waals surface area contributed by atoms with Crippen molar-refractivity contribution < 1.29 is 19.0 Å². The molecule has 0 atom stereocenters. The lowest BCUT2D eigenvalue weighted by molar-refractivity contribution is -0.553. The minimum absolute atomic E-state index is 0.0429. The SMILES string of the molecule is CC1=C(C)C(=O)C(N2CCC(NC(=O)CCCN(C)c3cc(/C=C4\Sc5ccccc5N4C)c4ccccc4[n+]3-c3ccccc3)CC2)=C(C)C1=O. The van der Waals surface area contributed by atoms with Gasteiger partial charge in [0.1, 0.15) is 11.2 Å². The number of nitrogens with zero attached hydrogens (tertiary/aromatic N) is 4. The van der Waals surface area contributed by atoms with Gasteiger partial charge in [0.15, 0.2) is 5.78 Å². The highest BCUT2D eigenvalue weighted by molar-refractivity contribution is 8.03. The average molecular weight is 713 g/mol. The maximum Gasteiger partial charge on any atom is 0.282 e. The summed E-state index contributed by atoms with van der Waals surface area (Å²) in [5.41, 5.74) is 6.67. The van der Waals surface area contributed by atoms with Crippen LogP contribution in [0.3, 0.4) is 0 Å². The molecule has 0 unspecified atom stereocenters. The highest BCUT2D eigenvalue weighted by atomic mass is 32.2. The largest absolute Gasteiger partial charge is 0.368 e. The summed E-state index contributed by atoms with van der Waals surface area (Å²) < 4.78 is 2.31. The molecule has 1 aliphatic carbocycles. The van der Waals surface area contributed by atoms with Gasteiger partial charge in [-0.25, -0.2) is 0 Å². The Morgan fingerprint density at radius 1 is 0.904 bits per heavy atom. The fourth-order valence-electron chi connectivity index (χ4n) is 7.54. The van der Waals surface area contributed by atoms with Crippen LogP contribution in [-0.2, 0) is 14.4 Å². The number of ketones is 2. The first-order valence-electron chi connectivity index (χ1n) is 18.1. The summed E-state index contributed by atoms with van der Waals surface area (Å²) in [5.74, 6) is 0.986. The van der Waals surface area contributed by atoms with Crippen molar-refractivity contribution in [3.8, 4) is 5.69 Å². The molecule has 2 aliphatic heterocycles. The van der Waals surface area contributed by atoms with Crippen LogP contribution in [0.25, 0.3) is 22.7 Å². The molecule has 52 heavy (non-hydrogen) atoms. The van der Waals surface area contributed by atoms with Crippen molar-refractivity contribution in [3.63, 3.8) is 0 Å². The van der Waals surface area contributed by atoms with E-state index in [0.29, 0.717) is 54.9 Å². The fraction of sp³-hybridized carbons (Fsp3) is 0.302. The number of hydrogen-bond donors (Lipinski definition) is 1. The second-order valence-corrected chi connectivity index (χ2v) is 15.1. The number of para-hydroxylation sites is 3. The smallest absolute Gasteiger partial charge is 0.282 e. The zero-order chi connectivity index (χ0) is 36.5. The Hall–Kier alpha value is -5.15. The molecular formula is C43H46N5O3S+. The number of amides is 1. The van der Waals surface area contributed by atoms with E-state index in [4.69, 9.17) is 0 Å². The number of allylic oxidation sites excluding steroid dienone is 3. The van der Waals surface area contributed by atoms with Crippen LogP contribution in [-0.4, -0.2) is 62.1 Å². The number of carbonyl (C=O) groups excluding carboxylic acids is 3. The van der Waals surface area contributed by atoms with E-state index in [0.717, 1.165) is 35.4 Å². The Morgan fingerprint density at radius 2 is 1.58 bits per heavy atom. The molecule has 9 heteroatoms. The molecule has 1 amide bonds. The third-order valence-corrected chi connectivity index (χ3v) is 11.8. The molecule has 7 rings (SSSR count). The van der Waals surface area contributed by atoms with Gasteiger partial charge in [0.25, 0.3) is 5.82 Å². The first kappa shape index (κ1) is 35.3. The summed E-state index contributed by atoms with van der Waals surface area (Å²) in [6.45, 7) is 7.17. The van der Waals surface area contributed by atoms with Crippen molar-refractivity contribution in [3.05, 3.63) is 118 Å². The number of piperidine rings is 1. The van der Waals surface area contributed by atoms with E-state index in [1.165, 1.54) is 21.0 Å². The van der Waals surface area contributed by atoms with Crippen molar-refractivity contribution in [2.45, 2.75) is 57.4 Å². The quantitative estimate of drug-likeness (QED) is 0.145. The molecule has 3 aromatic carbocycles. The van der Waals surface area contributed by atoms with Crippen LogP contribution in [0.4, 0.5) is 11.5 Å². The number of carbonyl (C=O) groups is 3. The Labute approximate surface area is 310 Å². The third kappa shape index (κ3) is 6.77. The normalized spacial score (nSPS) is 17.4. The summed E-state index contributed by atoms with van der Waals surface area (Å²) in [5, 5.41) is 5.58. The number of likely N-dealkylation sites (tertiary alicyclic amines) is 1. The first-order chi connectivity index (χ1) is 25.1. The van der Waals surface area contributed by atoms with E-state index in [9.17, 15) is 14.4 Å². The Kier molecular flexibility index (Phi) is 10.1. The monoisotopic (exact) mass is 712 g/mol. The third-order valence-electron chi connectivity index (χ3n) is 10.7. The summed E-state index contributed by atoms with van der Waals surface area (Å²) in [6, 6.07) is 29.8. The van der Waals surface area contributed by atoms with Gasteiger partial charge < -0.3 is 15.1 Å². The van der Waals surface area contributed by atoms with Crippen LogP contribution < -0.4 is 19.7 Å². The number of pyridine rings is 1. The summed E-state index contributed by atoms with van der Waals surface area (Å²) in [6.07, 6.45) is 4.87. The van der Waals surface area contributed by atoms with Crippen LogP contribution in [0.5, 0.6) is 0 Å². The van der Waals surface area contributed by atoms with Crippen molar-refractivity contribution in [2.24, 2.45) is 0 Å². The topological polar surface area (TPSA) is 76.8 Å². The summed E-state index contributed by atoms with van der Waals surface area (Å²) >= 11 is 1.79. The molecule has 1 fully saturated rings. The molecule has 0 saturated carbocycles. The van der Waals surface area contributed by atoms with Crippen molar-refractivity contribution in [2.75, 3.05) is 43.5 Å². The van der Waals surface area contributed by atoms with Crippen LogP contribution in [0.15, 0.2) is 117 Å². The number of fused-ring (bicyclic) bond motifs is 2. The van der Waals surface area contributed by atoms with Crippen LogP contribution >= 0.6 is 11.8 Å². The van der Waals surface area contributed by atoms with Crippen molar-refractivity contribution >= 4 is 57.7 Å². The van der Waals surface area contributed by atoms with Gasteiger partial charge in [-0.15, -0.1) is 0 Å². The molecule has 3 aliphatic rings. The highest BCUT2D eigenvalue weighted by Crippen LogP contribution is 2.46. The van der Waals surface area contributed by atoms with Crippen molar-refractivity contribution in [1.82, 2.24) is 10.2 Å². The van der Waals surface area contributed by atoms with Crippen LogP contribution in [0.2, 0.25) is 0 Å². The van der Waals surface area contributed by atoms with Gasteiger partial charge in [-0.3, -0.25) is 19.3 Å². The minimum Gasteiger partial charge on any atom is -0.368 e. The average Bonchev–Trinajstić information content (AvgIpc) is 3.48. The number of nitrogens with one attached hydrogen (secondary N) is 1. The Bertz CT molecular complexity index is 2160. The number of Topliss-reactive ketones (excluding diaryl/α,β-unsaturated/α-hetero) is 2. The molecule has 0 bridgehead atoms. The molecule has 1 N–H and O–H groups in total. The predicted octanol–water partition coefficient (Wildman–Crippen LogP) is 7.22. The van der Waals surface area contributed by atoms with E-state index in [1.807, 2.05) is 11.0 Å². The van der Waals surface area contributed by atoms with Gasteiger partial charge >= 0.3 is 0 Å². The highest BCUT2D eigenvalue weighted by Gasteiger charge is 2.33.